The van der Waals surface area contributed by atoms with Gasteiger partial charge in [-0.05, 0) is 43.5 Å². The minimum absolute atomic E-state index is 0.0600. The molecule has 0 bridgehead atoms. The number of amides is 2. The Balaban J connectivity index is 2.19. The molecule has 1 saturated heterocycles. The molecule has 1 aliphatic rings. The molecule has 0 saturated carbocycles. The van der Waals surface area contributed by atoms with Crippen LogP contribution in [0.5, 0.6) is 0 Å². The fraction of sp³-hybridized carbons (Fsp3) is 0.429. The van der Waals surface area contributed by atoms with Gasteiger partial charge in [-0.15, -0.1) is 0 Å². The summed E-state index contributed by atoms with van der Waals surface area (Å²) in [6.45, 7) is 5.44. The van der Waals surface area contributed by atoms with E-state index >= 15 is 0 Å². The number of benzene rings is 1. The van der Waals surface area contributed by atoms with Crippen LogP contribution in [-0.2, 0) is 4.79 Å². The Morgan fingerprint density at radius 1 is 1.28 bits per heavy atom. The number of hydrogen-bond donors (Lipinski definition) is 1. The molecule has 0 unspecified atom stereocenters. The van der Waals surface area contributed by atoms with Crippen molar-refractivity contribution in [2.24, 2.45) is 0 Å². The third-order valence-electron chi connectivity index (χ3n) is 3.30. The maximum absolute atomic E-state index is 12.3. The van der Waals surface area contributed by atoms with Gasteiger partial charge in [0.1, 0.15) is 0 Å². The summed E-state index contributed by atoms with van der Waals surface area (Å²) in [5.74, 6) is -0.139. The molecule has 0 radical (unpaired) electrons. The van der Waals surface area contributed by atoms with Crippen LogP contribution in [0.15, 0.2) is 18.2 Å². The van der Waals surface area contributed by atoms with Gasteiger partial charge in [-0.2, -0.15) is 0 Å². The Labute approximate surface area is 107 Å². The fourth-order valence-electron chi connectivity index (χ4n) is 2.04. The van der Waals surface area contributed by atoms with Gasteiger partial charge in [0, 0.05) is 18.7 Å². The van der Waals surface area contributed by atoms with Gasteiger partial charge in [0.2, 0.25) is 5.91 Å². The molecule has 4 nitrogen and oxygen atoms in total. The lowest BCUT2D eigenvalue weighted by Gasteiger charge is -2.19. The van der Waals surface area contributed by atoms with Crippen LogP contribution < -0.4 is 5.32 Å². The molecule has 0 aliphatic carbocycles. The van der Waals surface area contributed by atoms with Crippen LogP contribution in [0, 0.1) is 13.8 Å². The SMILES string of the molecule is Cc1ccc(C(=O)N2CCCNC(=O)C2)cc1C. The summed E-state index contributed by atoms with van der Waals surface area (Å²) in [5.41, 5.74) is 2.92. The maximum atomic E-state index is 12.3. The van der Waals surface area contributed by atoms with Crippen molar-refractivity contribution < 1.29 is 9.59 Å². The van der Waals surface area contributed by atoms with E-state index < -0.39 is 0 Å². The van der Waals surface area contributed by atoms with E-state index in [0.29, 0.717) is 18.7 Å². The van der Waals surface area contributed by atoms with Crippen molar-refractivity contribution in [2.45, 2.75) is 20.3 Å². The predicted octanol–water partition coefficient (Wildman–Crippen LogP) is 1.27. The average molecular weight is 246 g/mol. The number of carbonyl (C=O) groups excluding carboxylic acids is 2. The first-order chi connectivity index (χ1) is 8.58. The summed E-state index contributed by atoms with van der Waals surface area (Å²) in [4.78, 5) is 25.4. The predicted molar refractivity (Wildman–Crippen MR) is 69.4 cm³/mol. The second-order valence-corrected chi connectivity index (χ2v) is 4.73. The first-order valence-electron chi connectivity index (χ1n) is 6.21. The van der Waals surface area contributed by atoms with Crippen molar-refractivity contribution in [3.05, 3.63) is 34.9 Å². The van der Waals surface area contributed by atoms with E-state index in [2.05, 4.69) is 5.32 Å². The molecule has 1 heterocycles. The highest BCUT2D eigenvalue weighted by Gasteiger charge is 2.20. The van der Waals surface area contributed by atoms with Crippen molar-refractivity contribution in [1.82, 2.24) is 10.2 Å². The van der Waals surface area contributed by atoms with Gasteiger partial charge >= 0.3 is 0 Å². The summed E-state index contributed by atoms with van der Waals surface area (Å²) in [5, 5.41) is 2.77. The lowest BCUT2D eigenvalue weighted by molar-refractivity contribution is -0.121. The number of nitrogens with zero attached hydrogens (tertiary/aromatic N) is 1. The Morgan fingerprint density at radius 3 is 2.78 bits per heavy atom. The standard InChI is InChI=1S/C14H18N2O2/c1-10-4-5-12(8-11(10)2)14(18)16-7-3-6-15-13(17)9-16/h4-5,8H,3,6-7,9H2,1-2H3,(H,15,17). The molecule has 4 heteroatoms. The van der Waals surface area contributed by atoms with E-state index in [1.54, 1.807) is 4.90 Å². The minimum Gasteiger partial charge on any atom is -0.354 e. The largest absolute Gasteiger partial charge is 0.354 e. The molecule has 1 fully saturated rings. The summed E-state index contributed by atoms with van der Waals surface area (Å²) >= 11 is 0. The number of nitrogens with one attached hydrogen (secondary N) is 1. The number of aryl methyl sites for hydroxylation is 2. The first-order valence-corrected chi connectivity index (χ1v) is 6.21. The van der Waals surface area contributed by atoms with Crippen LogP contribution in [0.3, 0.4) is 0 Å². The van der Waals surface area contributed by atoms with Gasteiger partial charge in [-0.3, -0.25) is 9.59 Å². The zero-order valence-corrected chi connectivity index (χ0v) is 10.8. The van der Waals surface area contributed by atoms with Gasteiger partial charge in [-0.25, -0.2) is 0 Å². The van der Waals surface area contributed by atoms with E-state index in [0.717, 1.165) is 12.0 Å². The molecule has 1 aromatic carbocycles. The molecule has 0 aromatic heterocycles. The molecule has 1 N–H and O–H groups in total. The Morgan fingerprint density at radius 2 is 2.06 bits per heavy atom. The lowest BCUT2D eigenvalue weighted by atomic mass is 10.1. The van der Waals surface area contributed by atoms with Crippen LogP contribution >= 0.6 is 0 Å². The topological polar surface area (TPSA) is 49.4 Å². The highest BCUT2D eigenvalue weighted by molar-refractivity contribution is 5.96. The Bertz CT molecular complexity index is 483. The van der Waals surface area contributed by atoms with Crippen molar-refractivity contribution in [3.63, 3.8) is 0 Å². The zero-order chi connectivity index (χ0) is 13.1. The monoisotopic (exact) mass is 246 g/mol. The van der Waals surface area contributed by atoms with Crippen LogP contribution in [0.25, 0.3) is 0 Å². The second kappa shape index (κ2) is 5.21. The molecule has 0 spiro atoms. The van der Waals surface area contributed by atoms with Crippen LogP contribution in [0.2, 0.25) is 0 Å². The third-order valence-corrected chi connectivity index (χ3v) is 3.30. The maximum Gasteiger partial charge on any atom is 0.254 e. The molecular formula is C14H18N2O2. The van der Waals surface area contributed by atoms with Gasteiger partial charge in [-0.1, -0.05) is 6.07 Å². The molecular weight excluding hydrogens is 228 g/mol. The highest BCUT2D eigenvalue weighted by atomic mass is 16.2. The molecule has 2 amide bonds. The number of carbonyl (C=O) groups is 2. The van der Waals surface area contributed by atoms with Gasteiger partial charge < -0.3 is 10.2 Å². The van der Waals surface area contributed by atoms with Crippen LogP contribution in [0.1, 0.15) is 27.9 Å². The Kier molecular flexibility index (Phi) is 3.65. The van der Waals surface area contributed by atoms with E-state index in [4.69, 9.17) is 0 Å². The number of hydrogen-bond acceptors (Lipinski definition) is 2. The molecule has 0 atom stereocenters. The second-order valence-electron chi connectivity index (χ2n) is 4.73. The smallest absolute Gasteiger partial charge is 0.254 e. The highest BCUT2D eigenvalue weighted by Crippen LogP contribution is 2.12. The normalized spacial score (nSPS) is 16.1. The average Bonchev–Trinajstić information content (AvgIpc) is 2.56. The fourth-order valence-corrected chi connectivity index (χ4v) is 2.04. The molecule has 96 valence electrons. The van der Waals surface area contributed by atoms with Crippen molar-refractivity contribution in [2.75, 3.05) is 19.6 Å². The van der Waals surface area contributed by atoms with Gasteiger partial charge in [0.05, 0.1) is 6.54 Å². The number of rotatable bonds is 1. The Hall–Kier alpha value is -1.84. The quantitative estimate of drug-likeness (QED) is 0.811. The molecule has 2 rings (SSSR count). The summed E-state index contributed by atoms with van der Waals surface area (Å²) in [7, 11) is 0. The van der Waals surface area contributed by atoms with Gasteiger partial charge in [0.15, 0.2) is 0 Å². The molecule has 1 aliphatic heterocycles. The van der Waals surface area contributed by atoms with E-state index in [1.165, 1.54) is 5.56 Å². The van der Waals surface area contributed by atoms with Crippen molar-refractivity contribution in [3.8, 4) is 0 Å². The molecule has 18 heavy (non-hydrogen) atoms. The van der Waals surface area contributed by atoms with Crippen LogP contribution in [-0.4, -0.2) is 36.3 Å². The van der Waals surface area contributed by atoms with E-state index in [1.807, 2.05) is 32.0 Å². The van der Waals surface area contributed by atoms with E-state index in [-0.39, 0.29) is 18.4 Å². The summed E-state index contributed by atoms with van der Waals surface area (Å²) in [6.07, 6.45) is 0.808. The molecule has 1 aromatic rings. The minimum atomic E-state index is -0.0790. The first kappa shape index (κ1) is 12.6. The van der Waals surface area contributed by atoms with Crippen molar-refractivity contribution in [1.29, 1.82) is 0 Å². The summed E-state index contributed by atoms with van der Waals surface area (Å²) in [6, 6.07) is 5.66. The van der Waals surface area contributed by atoms with Crippen molar-refractivity contribution >= 4 is 11.8 Å². The van der Waals surface area contributed by atoms with E-state index in [9.17, 15) is 9.59 Å². The zero-order valence-electron chi connectivity index (χ0n) is 10.8. The lowest BCUT2D eigenvalue weighted by Crippen LogP contribution is -2.37. The third kappa shape index (κ3) is 2.70. The summed E-state index contributed by atoms with van der Waals surface area (Å²) < 4.78 is 0. The van der Waals surface area contributed by atoms with Crippen LogP contribution in [0.4, 0.5) is 0 Å². The van der Waals surface area contributed by atoms with Gasteiger partial charge in [0.25, 0.3) is 5.91 Å².